The van der Waals surface area contributed by atoms with Gasteiger partial charge < -0.3 is 10.4 Å². The van der Waals surface area contributed by atoms with Crippen LogP contribution >= 0.6 is 0 Å². The molecule has 0 spiro atoms. The molecule has 0 bridgehead atoms. The van der Waals surface area contributed by atoms with Gasteiger partial charge in [-0.15, -0.1) is 6.58 Å². The Kier molecular flexibility index (Phi) is 4.81. The quantitative estimate of drug-likeness (QED) is 0.662. The fraction of sp³-hybridized carbons (Fsp3) is 0.846. The van der Waals surface area contributed by atoms with Gasteiger partial charge in [-0.1, -0.05) is 19.4 Å². The summed E-state index contributed by atoms with van der Waals surface area (Å²) in [4.78, 5) is 0. The molecule has 0 aromatic heterocycles. The zero-order valence-electron chi connectivity index (χ0n) is 10.1. The number of hydrogen-bond donors (Lipinski definition) is 2. The Labute approximate surface area is 93.8 Å². The SMILES string of the molecule is C=CCCC(C)NC1CCCC1(C)CO. The first-order valence-electron chi connectivity index (χ1n) is 6.10. The molecular weight excluding hydrogens is 186 g/mol. The van der Waals surface area contributed by atoms with Crippen molar-refractivity contribution in [2.75, 3.05) is 6.61 Å². The van der Waals surface area contributed by atoms with Gasteiger partial charge >= 0.3 is 0 Å². The smallest absolute Gasteiger partial charge is 0.0499 e. The zero-order valence-corrected chi connectivity index (χ0v) is 10.1. The summed E-state index contributed by atoms with van der Waals surface area (Å²) in [5, 5.41) is 13.1. The second-order valence-corrected chi connectivity index (χ2v) is 5.19. The van der Waals surface area contributed by atoms with Crippen LogP contribution in [-0.2, 0) is 0 Å². The highest BCUT2D eigenvalue weighted by atomic mass is 16.3. The van der Waals surface area contributed by atoms with Crippen molar-refractivity contribution in [3.05, 3.63) is 12.7 Å². The van der Waals surface area contributed by atoms with Crippen LogP contribution in [0.15, 0.2) is 12.7 Å². The monoisotopic (exact) mass is 211 g/mol. The maximum atomic E-state index is 9.43. The Morgan fingerprint density at radius 3 is 3.00 bits per heavy atom. The van der Waals surface area contributed by atoms with Gasteiger partial charge in [-0.3, -0.25) is 0 Å². The van der Waals surface area contributed by atoms with Gasteiger partial charge in [-0.05, 0) is 32.6 Å². The summed E-state index contributed by atoms with van der Waals surface area (Å²) < 4.78 is 0. The van der Waals surface area contributed by atoms with Crippen LogP contribution in [0.25, 0.3) is 0 Å². The normalized spacial score (nSPS) is 32.9. The van der Waals surface area contributed by atoms with Crippen molar-refractivity contribution in [3.63, 3.8) is 0 Å². The molecule has 0 radical (unpaired) electrons. The van der Waals surface area contributed by atoms with Crippen LogP contribution in [0.3, 0.4) is 0 Å². The van der Waals surface area contributed by atoms with Crippen molar-refractivity contribution in [2.45, 2.75) is 58.0 Å². The first-order chi connectivity index (χ1) is 7.12. The van der Waals surface area contributed by atoms with Crippen LogP contribution in [0, 0.1) is 5.41 Å². The molecule has 0 aliphatic heterocycles. The van der Waals surface area contributed by atoms with Crippen LogP contribution in [0.5, 0.6) is 0 Å². The summed E-state index contributed by atoms with van der Waals surface area (Å²) in [7, 11) is 0. The molecule has 88 valence electrons. The van der Waals surface area contributed by atoms with Crippen LogP contribution in [0.1, 0.15) is 46.0 Å². The minimum atomic E-state index is 0.0996. The average molecular weight is 211 g/mol. The topological polar surface area (TPSA) is 32.3 Å². The lowest BCUT2D eigenvalue weighted by molar-refractivity contribution is 0.114. The lowest BCUT2D eigenvalue weighted by atomic mass is 9.85. The minimum Gasteiger partial charge on any atom is -0.396 e. The average Bonchev–Trinajstić information content (AvgIpc) is 2.58. The van der Waals surface area contributed by atoms with E-state index in [0.717, 1.165) is 19.3 Å². The van der Waals surface area contributed by atoms with Crippen molar-refractivity contribution in [2.24, 2.45) is 5.41 Å². The number of allylic oxidation sites excluding steroid dienone is 1. The van der Waals surface area contributed by atoms with Crippen LogP contribution in [0.2, 0.25) is 0 Å². The lowest BCUT2D eigenvalue weighted by Crippen LogP contribution is -2.45. The van der Waals surface area contributed by atoms with E-state index in [0.29, 0.717) is 18.7 Å². The van der Waals surface area contributed by atoms with Crippen LogP contribution < -0.4 is 5.32 Å². The molecule has 1 fully saturated rings. The van der Waals surface area contributed by atoms with Gasteiger partial charge in [0.05, 0.1) is 0 Å². The largest absolute Gasteiger partial charge is 0.396 e. The first kappa shape index (κ1) is 12.7. The van der Waals surface area contributed by atoms with Crippen molar-refractivity contribution in [1.29, 1.82) is 0 Å². The highest BCUT2D eigenvalue weighted by molar-refractivity contribution is 4.94. The van der Waals surface area contributed by atoms with Gasteiger partial charge in [0, 0.05) is 24.1 Å². The van der Waals surface area contributed by atoms with E-state index >= 15 is 0 Å². The summed E-state index contributed by atoms with van der Waals surface area (Å²) in [5.74, 6) is 0. The van der Waals surface area contributed by atoms with Crippen molar-refractivity contribution < 1.29 is 5.11 Å². The predicted molar refractivity (Wildman–Crippen MR) is 64.9 cm³/mol. The molecule has 0 aromatic carbocycles. The summed E-state index contributed by atoms with van der Waals surface area (Å²) in [6.07, 6.45) is 7.77. The van der Waals surface area contributed by atoms with E-state index in [1.165, 1.54) is 12.8 Å². The van der Waals surface area contributed by atoms with Crippen molar-refractivity contribution in [3.8, 4) is 0 Å². The Bertz CT molecular complexity index is 205. The first-order valence-corrected chi connectivity index (χ1v) is 6.10. The third-order valence-corrected chi connectivity index (χ3v) is 3.73. The summed E-state index contributed by atoms with van der Waals surface area (Å²) in [5.41, 5.74) is 0.0996. The molecule has 2 nitrogen and oxygen atoms in total. The van der Waals surface area contributed by atoms with Crippen molar-refractivity contribution in [1.82, 2.24) is 5.32 Å². The molecule has 0 saturated heterocycles. The number of hydrogen-bond acceptors (Lipinski definition) is 2. The molecule has 3 unspecified atom stereocenters. The van der Waals surface area contributed by atoms with Gasteiger partial charge in [0.2, 0.25) is 0 Å². The molecule has 1 rings (SSSR count). The number of nitrogens with one attached hydrogen (secondary N) is 1. The Morgan fingerprint density at radius 1 is 1.67 bits per heavy atom. The molecule has 0 aromatic rings. The lowest BCUT2D eigenvalue weighted by Gasteiger charge is -2.32. The van der Waals surface area contributed by atoms with E-state index in [2.05, 4.69) is 25.7 Å². The zero-order chi connectivity index (χ0) is 11.3. The molecule has 15 heavy (non-hydrogen) atoms. The highest BCUT2D eigenvalue weighted by Crippen LogP contribution is 2.37. The van der Waals surface area contributed by atoms with E-state index in [9.17, 15) is 5.11 Å². The highest BCUT2D eigenvalue weighted by Gasteiger charge is 2.38. The second-order valence-electron chi connectivity index (χ2n) is 5.19. The molecule has 2 heteroatoms. The molecule has 2 N–H and O–H groups in total. The Balaban J connectivity index is 2.39. The summed E-state index contributed by atoms with van der Waals surface area (Å²) in [6.45, 7) is 8.46. The van der Waals surface area contributed by atoms with Crippen LogP contribution in [0.4, 0.5) is 0 Å². The molecule has 0 heterocycles. The molecule has 3 atom stereocenters. The summed E-state index contributed by atoms with van der Waals surface area (Å²) >= 11 is 0. The molecular formula is C13H25NO. The second kappa shape index (κ2) is 5.66. The van der Waals surface area contributed by atoms with E-state index in [-0.39, 0.29) is 5.41 Å². The molecule has 1 aliphatic carbocycles. The number of aliphatic hydroxyl groups is 1. The van der Waals surface area contributed by atoms with E-state index in [1.54, 1.807) is 0 Å². The number of rotatable bonds is 6. The maximum Gasteiger partial charge on any atom is 0.0499 e. The fourth-order valence-electron chi connectivity index (χ4n) is 2.50. The van der Waals surface area contributed by atoms with Gasteiger partial charge in [0.1, 0.15) is 0 Å². The van der Waals surface area contributed by atoms with Gasteiger partial charge in [-0.2, -0.15) is 0 Å². The van der Waals surface area contributed by atoms with E-state index in [4.69, 9.17) is 0 Å². The third-order valence-electron chi connectivity index (χ3n) is 3.73. The minimum absolute atomic E-state index is 0.0996. The number of aliphatic hydroxyl groups excluding tert-OH is 1. The van der Waals surface area contributed by atoms with E-state index < -0.39 is 0 Å². The van der Waals surface area contributed by atoms with E-state index in [1.807, 2.05) is 6.08 Å². The summed E-state index contributed by atoms with van der Waals surface area (Å²) in [6, 6.07) is 1.01. The van der Waals surface area contributed by atoms with Crippen molar-refractivity contribution >= 4 is 0 Å². The fourth-order valence-corrected chi connectivity index (χ4v) is 2.50. The Morgan fingerprint density at radius 2 is 2.40 bits per heavy atom. The molecule has 1 aliphatic rings. The molecule has 0 amide bonds. The van der Waals surface area contributed by atoms with Gasteiger partial charge in [0.25, 0.3) is 0 Å². The van der Waals surface area contributed by atoms with Gasteiger partial charge in [-0.25, -0.2) is 0 Å². The van der Waals surface area contributed by atoms with Crippen LogP contribution in [-0.4, -0.2) is 23.8 Å². The third kappa shape index (κ3) is 3.32. The standard InChI is InChI=1S/C13H25NO/c1-4-5-7-11(2)14-12-8-6-9-13(12,3)10-15/h4,11-12,14-15H,1,5-10H2,2-3H3. The maximum absolute atomic E-state index is 9.43. The Hall–Kier alpha value is -0.340. The van der Waals surface area contributed by atoms with Gasteiger partial charge in [0.15, 0.2) is 0 Å². The molecule has 1 saturated carbocycles. The predicted octanol–water partition coefficient (Wildman–Crippen LogP) is 2.48.